The predicted molar refractivity (Wildman–Crippen MR) is 122 cm³/mol. The summed E-state index contributed by atoms with van der Waals surface area (Å²) in [6.45, 7) is 1.06. The second kappa shape index (κ2) is 8.43. The predicted octanol–water partition coefficient (Wildman–Crippen LogP) is 3.99. The summed E-state index contributed by atoms with van der Waals surface area (Å²) >= 11 is 0. The van der Waals surface area contributed by atoms with Gasteiger partial charge in [-0.1, -0.05) is 43.2 Å². The van der Waals surface area contributed by atoms with Gasteiger partial charge in [0.15, 0.2) is 6.61 Å². The number of rotatable bonds is 4. The molecule has 0 unspecified atom stereocenters. The number of fused-ring (bicyclic) bond motifs is 2. The second-order valence-electron chi connectivity index (χ2n) is 8.93. The maximum Gasteiger partial charge on any atom is 0.336 e. The third-order valence-corrected chi connectivity index (χ3v) is 6.94. The Morgan fingerprint density at radius 1 is 1.12 bits per heavy atom. The first kappa shape index (κ1) is 20.8. The van der Waals surface area contributed by atoms with Crippen molar-refractivity contribution >= 4 is 16.9 Å². The lowest BCUT2D eigenvalue weighted by molar-refractivity contribution is -0.145. The molecule has 2 aliphatic rings. The molecular weight excluding hydrogens is 406 g/mol. The molecule has 2 aromatic carbocycles. The van der Waals surface area contributed by atoms with Crippen LogP contribution in [0.2, 0.25) is 0 Å². The number of hydrogen-bond donors (Lipinski definition) is 1. The number of aliphatic hydroxyl groups is 1. The van der Waals surface area contributed by atoms with Gasteiger partial charge < -0.3 is 19.2 Å². The Hall–Kier alpha value is -3.12. The molecule has 0 spiro atoms. The molecule has 1 saturated carbocycles. The minimum atomic E-state index is -0.609. The van der Waals surface area contributed by atoms with E-state index in [2.05, 4.69) is 0 Å². The van der Waals surface area contributed by atoms with Crippen LogP contribution < -0.4 is 10.4 Å². The van der Waals surface area contributed by atoms with Crippen molar-refractivity contribution in [2.24, 2.45) is 5.92 Å². The van der Waals surface area contributed by atoms with Crippen LogP contribution in [-0.4, -0.2) is 41.2 Å². The highest BCUT2D eigenvalue weighted by molar-refractivity contribution is 5.93. The summed E-state index contributed by atoms with van der Waals surface area (Å²) in [5, 5.41) is 11.6. The lowest BCUT2D eigenvalue weighted by atomic mass is 9.71. The van der Waals surface area contributed by atoms with Crippen LogP contribution in [0.15, 0.2) is 63.8 Å². The number of carbonyl (C=O) groups is 1. The topological polar surface area (TPSA) is 80.0 Å². The summed E-state index contributed by atoms with van der Waals surface area (Å²) in [5.74, 6) is 0.544. The largest absolute Gasteiger partial charge is 0.484 e. The van der Waals surface area contributed by atoms with Crippen molar-refractivity contribution in [3.63, 3.8) is 0 Å². The van der Waals surface area contributed by atoms with Crippen LogP contribution in [0.4, 0.5) is 0 Å². The molecule has 1 aliphatic carbocycles. The van der Waals surface area contributed by atoms with E-state index in [1.165, 1.54) is 6.07 Å². The highest BCUT2D eigenvalue weighted by Gasteiger charge is 2.43. The average molecular weight is 434 g/mol. The number of piperidine rings is 1. The summed E-state index contributed by atoms with van der Waals surface area (Å²) in [6.07, 6.45) is 4.61. The Kier molecular flexibility index (Phi) is 5.47. The SMILES string of the molecule is O=C(COc1ccc2c(-c3ccccc3)cc(=O)oc2c1)N1CC[C@]2(O)CCCC[C@@H]2C1. The molecule has 0 bridgehead atoms. The smallest absolute Gasteiger partial charge is 0.336 e. The molecule has 6 heteroatoms. The Morgan fingerprint density at radius 2 is 1.97 bits per heavy atom. The van der Waals surface area contributed by atoms with Crippen LogP contribution >= 0.6 is 0 Å². The van der Waals surface area contributed by atoms with E-state index in [4.69, 9.17) is 9.15 Å². The minimum Gasteiger partial charge on any atom is -0.484 e. The molecule has 166 valence electrons. The van der Waals surface area contributed by atoms with Crippen molar-refractivity contribution < 1.29 is 19.1 Å². The fourth-order valence-corrected chi connectivity index (χ4v) is 5.12. The van der Waals surface area contributed by atoms with Gasteiger partial charge in [0.1, 0.15) is 11.3 Å². The lowest BCUT2D eigenvalue weighted by Crippen LogP contribution is -2.55. The monoisotopic (exact) mass is 433 g/mol. The fourth-order valence-electron chi connectivity index (χ4n) is 5.12. The summed E-state index contributed by atoms with van der Waals surface area (Å²) in [7, 11) is 0. The zero-order valence-electron chi connectivity index (χ0n) is 18.0. The third kappa shape index (κ3) is 4.02. The third-order valence-electron chi connectivity index (χ3n) is 6.94. The first-order valence-corrected chi connectivity index (χ1v) is 11.3. The molecule has 2 heterocycles. The number of amides is 1. The van der Waals surface area contributed by atoms with Crippen LogP contribution in [0.1, 0.15) is 32.1 Å². The summed E-state index contributed by atoms with van der Waals surface area (Å²) in [4.78, 5) is 26.7. The fraction of sp³-hybridized carbons (Fsp3) is 0.385. The first-order chi connectivity index (χ1) is 15.5. The van der Waals surface area contributed by atoms with Gasteiger partial charge in [0.05, 0.1) is 5.60 Å². The van der Waals surface area contributed by atoms with Gasteiger partial charge in [-0.15, -0.1) is 0 Å². The van der Waals surface area contributed by atoms with E-state index in [1.807, 2.05) is 36.4 Å². The minimum absolute atomic E-state index is 0.0841. The van der Waals surface area contributed by atoms with Crippen molar-refractivity contribution in [2.75, 3.05) is 19.7 Å². The Labute approximate surface area is 186 Å². The number of hydrogen-bond acceptors (Lipinski definition) is 5. The molecule has 32 heavy (non-hydrogen) atoms. The van der Waals surface area contributed by atoms with Gasteiger partial charge in [-0.05, 0) is 42.5 Å². The molecule has 1 saturated heterocycles. The molecule has 1 amide bonds. The second-order valence-corrected chi connectivity index (χ2v) is 8.93. The maximum atomic E-state index is 12.8. The highest BCUT2D eigenvalue weighted by Crippen LogP contribution is 2.39. The molecule has 3 aromatic rings. The molecule has 6 nitrogen and oxygen atoms in total. The number of carbonyl (C=O) groups excluding carboxylic acids is 1. The van der Waals surface area contributed by atoms with E-state index in [-0.39, 0.29) is 18.4 Å². The Morgan fingerprint density at radius 3 is 2.81 bits per heavy atom. The van der Waals surface area contributed by atoms with Gasteiger partial charge >= 0.3 is 5.63 Å². The number of nitrogens with zero attached hydrogens (tertiary/aromatic N) is 1. The maximum absolute atomic E-state index is 12.8. The van der Waals surface area contributed by atoms with E-state index in [1.54, 1.807) is 17.0 Å². The van der Waals surface area contributed by atoms with Crippen molar-refractivity contribution in [2.45, 2.75) is 37.7 Å². The van der Waals surface area contributed by atoms with Gasteiger partial charge in [-0.2, -0.15) is 0 Å². The molecule has 1 N–H and O–H groups in total. The van der Waals surface area contributed by atoms with E-state index in [9.17, 15) is 14.7 Å². The molecule has 1 aromatic heterocycles. The van der Waals surface area contributed by atoms with Crippen LogP contribution in [0, 0.1) is 5.92 Å². The van der Waals surface area contributed by atoms with Crippen LogP contribution in [0.3, 0.4) is 0 Å². The van der Waals surface area contributed by atoms with Crippen LogP contribution in [-0.2, 0) is 4.79 Å². The van der Waals surface area contributed by atoms with E-state index >= 15 is 0 Å². The number of likely N-dealkylation sites (tertiary alicyclic amines) is 1. The summed E-state index contributed by atoms with van der Waals surface area (Å²) < 4.78 is 11.2. The Balaban J connectivity index is 1.30. The van der Waals surface area contributed by atoms with Crippen molar-refractivity contribution in [1.82, 2.24) is 4.90 Å². The summed E-state index contributed by atoms with van der Waals surface area (Å²) in [5.41, 5.74) is 1.11. The zero-order valence-corrected chi connectivity index (χ0v) is 18.0. The van der Waals surface area contributed by atoms with Gasteiger partial charge in [-0.25, -0.2) is 4.79 Å². The van der Waals surface area contributed by atoms with E-state index in [0.717, 1.165) is 42.2 Å². The standard InChI is InChI=1S/C26H27NO5/c28-24(27-13-12-26(30)11-5-4-8-19(26)16-27)17-31-20-9-10-21-22(18-6-2-1-3-7-18)15-25(29)32-23(21)14-20/h1-3,6-7,9-10,14-15,19,30H,4-5,8,11-13,16-17H2/t19-,26-/m1/s1. The molecular formula is C26H27NO5. The van der Waals surface area contributed by atoms with Crippen molar-refractivity contribution in [3.05, 3.63) is 65.0 Å². The molecule has 0 radical (unpaired) electrons. The summed E-state index contributed by atoms with van der Waals surface area (Å²) in [6, 6.07) is 16.5. The van der Waals surface area contributed by atoms with Crippen LogP contribution in [0.25, 0.3) is 22.1 Å². The van der Waals surface area contributed by atoms with Gasteiger partial charge in [0.25, 0.3) is 5.91 Å². The normalized spacial score (nSPS) is 23.0. The quantitative estimate of drug-likeness (QED) is 0.630. The van der Waals surface area contributed by atoms with Gasteiger partial charge in [-0.3, -0.25) is 4.79 Å². The molecule has 1 aliphatic heterocycles. The highest BCUT2D eigenvalue weighted by atomic mass is 16.5. The van der Waals surface area contributed by atoms with Crippen molar-refractivity contribution in [1.29, 1.82) is 0 Å². The number of ether oxygens (including phenoxy) is 1. The first-order valence-electron chi connectivity index (χ1n) is 11.3. The molecule has 2 fully saturated rings. The van der Waals surface area contributed by atoms with E-state index in [0.29, 0.717) is 30.8 Å². The van der Waals surface area contributed by atoms with E-state index < -0.39 is 11.2 Å². The molecule has 2 atom stereocenters. The molecule has 5 rings (SSSR count). The van der Waals surface area contributed by atoms with Crippen molar-refractivity contribution in [3.8, 4) is 16.9 Å². The van der Waals surface area contributed by atoms with Gasteiger partial charge in [0, 0.05) is 36.5 Å². The van der Waals surface area contributed by atoms with Gasteiger partial charge in [0.2, 0.25) is 0 Å². The average Bonchev–Trinajstić information content (AvgIpc) is 2.81. The zero-order chi connectivity index (χ0) is 22.1. The van der Waals surface area contributed by atoms with Crippen LogP contribution in [0.5, 0.6) is 5.75 Å². The number of benzene rings is 2. The lowest BCUT2D eigenvalue weighted by Gasteiger charge is -2.47. The Bertz CT molecular complexity index is 1190.